The molecule has 0 aliphatic rings. The van der Waals surface area contributed by atoms with Gasteiger partial charge in [-0.25, -0.2) is 14.4 Å². The molecule has 0 bridgehead atoms. The van der Waals surface area contributed by atoms with Crippen LogP contribution in [0, 0.1) is 0 Å². The zero-order chi connectivity index (χ0) is 41.6. The quantitative estimate of drug-likeness (QED) is 0.0228. The fourth-order valence-electron chi connectivity index (χ4n) is 6.08. The maximum atomic E-state index is 12.0. The molecule has 0 aliphatic carbocycles. The molecule has 0 atom stereocenters. The minimum atomic E-state index is -1.30. The van der Waals surface area contributed by atoms with Crippen LogP contribution in [0.5, 0.6) is 17.2 Å². The molecule has 0 radical (unpaired) electrons. The summed E-state index contributed by atoms with van der Waals surface area (Å²) in [6.45, 7) is 12.8. The zero-order valence-electron chi connectivity index (χ0n) is 35.7. The number of ether oxygens (including phenoxy) is 6. The van der Waals surface area contributed by atoms with E-state index >= 15 is 0 Å². The summed E-state index contributed by atoms with van der Waals surface area (Å²) in [6, 6.07) is 2.96. The molecule has 0 N–H and O–H groups in total. The Bertz CT molecular complexity index is 1220. The van der Waals surface area contributed by atoms with Crippen LogP contribution in [-0.2, 0) is 28.6 Å². The van der Waals surface area contributed by atoms with Gasteiger partial charge >= 0.3 is 47.5 Å². The molecule has 0 amide bonds. The number of hydrogen-bond acceptors (Lipinski definition) is 11. The van der Waals surface area contributed by atoms with Crippen molar-refractivity contribution in [2.24, 2.45) is 0 Å². The number of carbonyl (C=O) groups excluding carboxylic acids is 4. The van der Waals surface area contributed by atoms with E-state index in [4.69, 9.17) is 28.4 Å². The van der Waals surface area contributed by atoms with Gasteiger partial charge in [0, 0.05) is 23.8 Å². The number of esters is 3. The summed E-state index contributed by atoms with van der Waals surface area (Å²) in [7, 11) is 0. The number of benzene rings is 1. The molecular weight excluding hydrogens is 751 g/mol. The minimum absolute atomic E-state index is 0. The monoisotopic (exact) mass is 822 g/mol. The molecule has 0 aromatic heterocycles. The van der Waals surface area contributed by atoms with Crippen LogP contribution < -0.4 is 48.9 Å². The van der Waals surface area contributed by atoms with E-state index in [0.717, 1.165) is 154 Å². The first-order valence-corrected chi connectivity index (χ1v) is 21.5. The molecule has 11 nitrogen and oxygen atoms in total. The summed E-state index contributed by atoms with van der Waals surface area (Å²) in [5.74, 6) is -1.26. The van der Waals surface area contributed by atoms with Crippen molar-refractivity contribution in [2.45, 2.75) is 154 Å². The Morgan fingerprint density at radius 2 is 0.655 bits per heavy atom. The third kappa shape index (κ3) is 30.8. The van der Waals surface area contributed by atoms with E-state index in [-0.39, 0.29) is 53.0 Å². The molecule has 0 fully saturated rings. The molecule has 0 heterocycles. The van der Waals surface area contributed by atoms with E-state index in [1.807, 2.05) is 0 Å². The Hall–Kier alpha value is -3.28. The second-order valence-corrected chi connectivity index (χ2v) is 14.2. The Morgan fingerprint density at radius 1 is 0.414 bits per heavy atom. The fourth-order valence-corrected chi connectivity index (χ4v) is 6.08. The van der Waals surface area contributed by atoms with E-state index in [9.17, 15) is 24.3 Å². The second-order valence-electron chi connectivity index (χ2n) is 14.2. The Balaban J connectivity index is 0.0000325. The third-order valence-electron chi connectivity index (χ3n) is 9.37. The average Bonchev–Trinajstić information content (AvgIpc) is 3.21. The number of rotatable bonds is 40. The summed E-state index contributed by atoms with van der Waals surface area (Å²) < 4.78 is 33.6. The molecule has 1 aromatic carbocycles. The van der Waals surface area contributed by atoms with Gasteiger partial charge in [-0.3, -0.25) is 0 Å². The topological polar surface area (TPSA) is 147 Å². The summed E-state index contributed by atoms with van der Waals surface area (Å²) in [5, 5.41) is 12.0. The third-order valence-corrected chi connectivity index (χ3v) is 9.37. The summed E-state index contributed by atoms with van der Waals surface area (Å²) in [5.41, 5.74) is -0.00951. The molecule has 1 rings (SSSR count). The van der Waals surface area contributed by atoms with Crippen LogP contribution in [0.3, 0.4) is 0 Å². The smallest absolute Gasteiger partial charge is 0.545 e. The van der Waals surface area contributed by atoms with Crippen molar-refractivity contribution in [1.29, 1.82) is 0 Å². The maximum absolute atomic E-state index is 12.0. The standard InChI is InChI=1S/C46H72O11.Na/c1-4-42(47)54-33-27-21-15-9-7-13-19-25-31-52-40-37-39(46(50)51)38-41(53-32-26-20-14-8-10-16-22-28-34-55-43(48)5-2)45(40)57-36-30-24-18-12-11-17-23-29-35-56-44(49)6-3;/h4-6,37-38H,1-3,7-36H2,(H,50,51);/q;+1/p-1. The first kappa shape index (κ1) is 54.7. The normalized spacial score (nSPS) is 10.5. The van der Waals surface area contributed by atoms with Crippen LogP contribution in [-0.4, -0.2) is 63.5 Å². The summed E-state index contributed by atoms with van der Waals surface area (Å²) in [4.78, 5) is 45.3. The van der Waals surface area contributed by atoms with Crippen molar-refractivity contribution >= 4 is 23.9 Å². The zero-order valence-corrected chi connectivity index (χ0v) is 37.7. The number of carbonyl (C=O) groups is 4. The predicted molar refractivity (Wildman–Crippen MR) is 222 cm³/mol. The van der Waals surface area contributed by atoms with Crippen molar-refractivity contribution in [3.8, 4) is 17.2 Å². The van der Waals surface area contributed by atoms with E-state index in [1.165, 1.54) is 30.4 Å². The second kappa shape index (κ2) is 39.2. The number of hydrogen-bond donors (Lipinski definition) is 0. The van der Waals surface area contributed by atoms with Gasteiger partial charge in [0.1, 0.15) is 0 Å². The van der Waals surface area contributed by atoms with Crippen LogP contribution in [0.1, 0.15) is 164 Å². The Kier molecular flexibility index (Phi) is 37.0. The molecule has 0 saturated heterocycles. The van der Waals surface area contributed by atoms with Crippen LogP contribution >= 0.6 is 0 Å². The van der Waals surface area contributed by atoms with Crippen LogP contribution in [0.25, 0.3) is 0 Å². The van der Waals surface area contributed by atoms with Gasteiger partial charge in [0.05, 0.1) is 45.6 Å². The Labute approximate surface area is 370 Å². The SMILES string of the molecule is C=CC(=O)OCCCCCCCCCCOc1cc(C(=O)[O-])cc(OCCCCCCCCCCOC(=O)C=C)c1OCCCCCCCCCCOC(=O)C=C.[Na+]. The first-order valence-electron chi connectivity index (χ1n) is 21.5. The van der Waals surface area contributed by atoms with E-state index < -0.39 is 5.97 Å². The van der Waals surface area contributed by atoms with E-state index in [2.05, 4.69) is 19.7 Å². The van der Waals surface area contributed by atoms with Crippen LogP contribution in [0.2, 0.25) is 0 Å². The van der Waals surface area contributed by atoms with Crippen molar-refractivity contribution in [3.63, 3.8) is 0 Å². The number of aromatic carboxylic acids is 1. The van der Waals surface area contributed by atoms with Crippen molar-refractivity contribution < 1.29 is 82.3 Å². The Morgan fingerprint density at radius 3 is 0.914 bits per heavy atom. The number of carboxylic acids is 1. The van der Waals surface area contributed by atoms with Gasteiger partial charge in [-0.1, -0.05) is 135 Å². The van der Waals surface area contributed by atoms with Gasteiger partial charge < -0.3 is 38.3 Å². The van der Waals surface area contributed by atoms with Gasteiger partial charge in [-0.2, -0.15) is 0 Å². The van der Waals surface area contributed by atoms with Crippen LogP contribution in [0.15, 0.2) is 50.1 Å². The summed E-state index contributed by atoms with van der Waals surface area (Å²) >= 11 is 0. The number of carboxylic acid groups (broad SMARTS) is 1. The molecule has 322 valence electrons. The molecule has 0 unspecified atom stereocenters. The molecule has 0 aliphatic heterocycles. The molecule has 0 spiro atoms. The molecule has 0 saturated carbocycles. The van der Waals surface area contributed by atoms with Crippen molar-refractivity contribution in [2.75, 3.05) is 39.6 Å². The van der Waals surface area contributed by atoms with E-state index in [0.29, 0.717) is 56.9 Å². The van der Waals surface area contributed by atoms with Crippen molar-refractivity contribution in [1.82, 2.24) is 0 Å². The first-order chi connectivity index (χ1) is 27.8. The van der Waals surface area contributed by atoms with Gasteiger partial charge in [0.25, 0.3) is 0 Å². The van der Waals surface area contributed by atoms with Gasteiger partial charge in [-0.15, -0.1) is 0 Å². The number of unbranched alkanes of at least 4 members (excludes halogenated alkanes) is 21. The molecule has 58 heavy (non-hydrogen) atoms. The predicted octanol–water partition coefficient (Wildman–Crippen LogP) is 6.74. The largest absolute Gasteiger partial charge is 1.00 e. The average molecular weight is 823 g/mol. The van der Waals surface area contributed by atoms with Crippen LogP contribution in [0.4, 0.5) is 0 Å². The molecule has 12 heteroatoms. The summed E-state index contributed by atoms with van der Waals surface area (Å²) in [6.07, 6.45) is 27.9. The fraction of sp³-hybridized carbons (Fsp3) is 0.652. The van der Waals surface area contributed by atoms with E-state index in [1.54, 1.807) is 0 Å². The van der Waals surface area contributed by atoms with Gasteiger partial charge in [-0.05, 0) is 50.7 Å². The van der Waals surface area contributed by atoms with Gasteiger partial charge in [0.15, 0.2) is 11.5 Å². The molecule has 1 aromatic rings. The molecular formula is C46H71NaO11. The van der Waals surface area contributed by atoms with Gasteiger partial charge in [0.2, 0.25) is 5.75 Å². The van der Waals surface area contributed by atoms with Crippen molar-refractivity contribution in [3.05, 3.63) is 55.7 Å². The minimum Gasteiger partial charge on any atom is -0.545 e. The maximum Gasteiger partial charge on any atom is 1.00 e.